The summed E-state index contributed by atoms with van der Waals surface area (Å²) < 4.78 is 0. The van der Waals surface area contributed by atoms with E-state index in [1.54, 1.807) is 16.1 Å². The number of hydrogen-bond acceptors (Lipinski definition) is 5. The Morgan fingerprint density at radius 3 is 2.72 bits per heavy atom. The standard InChI is InChI=1S/C18H14ClN5S/c1-12-5-7-13(8-6-12)18-20-16(11-25-18)10-24-22-17(21-23-24)14-3-2-4-15(19)9-14/h2-9,11H,10H2,1H3. The first-order valence-corrected chi connectivity index (χ1v) is 8.98. The monoisotopic (exact) mass is 367 g/mol. The highest BCUT2D eigenvalue weighted by Gasteiger charge is 2.09. The summed E-state index contributed by atoms with van der Waals surface area (Å²) in [6.45, 7) is 2.56. The van der Waals surface area contributed by atoms with Gasteiger partial charge >= 0.3 is 0 Å². The fourth-order valence-electron chi connectivity index (χ4n) is 2.41. The number of benzene rings is 2. The largest absolute Gasteiger partial charge is 0.239 e. The normalized spacial score (nSPS) is 11.0. The molecule has 2 heterocycles. The highest BCUT2D eigenvalue weighted by molar-refractivity contribution is 7.13. The Hall–Kier alpha value is -2.57. The first-order valence-electron chi connectivity index (χ1n) is 7.72. The van der Waals surface area contributed by atoms with Crippen molar-refractivity contribution in [2.45, 2.75) is 13.5 Å². The smallest absolute Gasteiger partial charge is 0.204 e. The lowest BCUT2D eigenvalue weighted by Gasteiger charge is -1.97. The molecule has 25 heavy (non-hydrogen) atoms. The second kappa shape index (κ2) is 6.74. The maximum absolute atomic E-state index is 6.01. The summed E-state index contributed by atoms with van der Waals surface area (Å²) in [6, 6.07) is 15.8. The maximum Gasteiger partial charge on any atom is 0.204 e. The van der Waals surface area contributed by atoms with Gasteiger partial charge in [-0.3, -0.25) is 0 Å². The lowest BCUT2D eigenvalue weighted by molar-refractivity contribution is 0.566. The molecule has 0 aliphatic rings. The Balaban J connectivity index is 1.52. The van der Waals surface area contributed by atoms with Crippen LogP contribution in [0.4, 0.5) is 0 Å². The van der Waals surface area contributed by atoms with Crippen molar-refractivity contribution in [2.24, 2.45) is 0 Å². The van der Waals surface area contributed by atoms with E-state index in [4.69, 9.17) is 11.6 Å². The van der Waals surface area contributed by atoms with E-state index in [1.807, 2.05) is 29.6 Å². The predicted molar refractivity (Wildman–Crippen MR) is 99.7 cm³/mol. The Morgan fingerprint density at radius 2 is 1.92 bits per heavy atom. The molecule has 4 rings (SSSR count). The molecule has 0 fully saturated rings. The van der Waals surface area contributed by atoms with Gasteiger partial charge in [-0.05, 0) is 24.3 Å². The van der Waals surface area contributed by atoms with Crippen molar-refractivity contribution in [1.29, 1.82) is 0 Å². The minimum atomic E-state index is 0.482. The van der Waals surface area contributed by atoms with Crippen LogP contribution in [-0.4, -0.2) is 25.2 Å². The fraction of sp³-hybridized carbons (Fsp3) is 0.111. The summed E-state index contributed by atoms with van der Waals surface area (Å²) in [6.07, 6.45) is 0. The van der Waals surface area contributed by atoms with Crippen LogP contribution >= 0.6 is 22.9 Å². The maximum atomic E-state index is 6.01. The van der Waals surface area contributed by atoms with Crippen molar-refractivity contribution >= 4 is 22.9 Å². The highest BCUT2D eigenvalue weighted by atomic mass is 35.5. The molecule has 4 aromatic rings. The number of tetrazole rings is 1. The first kappa shape index (κ1) is 15.9. The van der Waals surface area contributed by atoms with Crippen LogP contribution in [0.25, 0.3) is 22.0 Å². The average molecular weight is 368 g/mol. The Bertz CT molecular complexity index is 1010. The molecule has 0 unspecified atom stereocenters. The molecule has 0 saturated heterocycles. The Kier molecular flexibility index (Phi) is 4.29. The lowest BCUT2D eigenvalue weighted by atomic mass is 10.2. The molecule has 0 amide bonds. The average Bonchev–Trinajstić information content (AvgIpc) is 3.26. The van der Waals surface area contributed by atoms with Gasteiger partial charge in [0.1, 0.15) is 11.6 Å². The van der Waals surface area contributed by atoms with E-state index in [0.717, 1.165) is 21.8 Å². The summed E-state index contributed by atoms with van der Waals surface area (Å²) in [4.78, 5) is 6.22. The molecule has 0 saturated carbocycles. The van der Waals surface area contributed by atoms with Crippen molar-refractivity contribution < 1.29 is 0 Å². The van der Waals surface area contributed by atoms with Gasteiger partial charge in [-0.15, -0.1) is 21.5 Å². The van der Waals surface area contributed by atoms with Crippen LogP contribution in [-0.2, 0) is 6.54 Å². The predicted octanol–water partition coefficient (Wildman–Crippen LogP) is 4.47. The van der Waals surface area contributed by atoms with Crippen LogP contribution in [0.5, 0.6) is 0 Å². The van der Waals surface area contributed by atoms with Gasteiger partial charge in [0.15, 0.2) is 0 Å². The van der Waals surface area contributed by atoms with Crippen LogP contribution in [0.15, 0.2) is 53.9 Å². The van der Waals surface area contributed by atoms with Crippen molar-refractivity contribution in [1.82, 2.24) is 25.2 Å². The first-order chi connectivity index (χ1) is 12.2. The number of aryl methyl sites for hydroxylation is 1. The number of rotatable bonds is 4. The van der Waals surface area contributed by atoms with Gasteiger partial charge < -0.3 is 0 Å². The number of halogens is 1. The summed E-state index contributed by atoms with van der Waals surface area (Å²) in [5.41, 5.74) is 4.11. The van der Waals surface area contributed by atoms with Crippen LogP contribution in [0, 0.1) is 6.92 Å². The van der Waals surface area contributed by atoms with E-state index in [-0.39, 0.29) is 0 Å². The van der Waals surface area contributed by atoms with E-state index in [0.29, 0.717) is 17.4 Å². The van der Waals surface area contributed by atoms with Gasteiger partial charge in [0.2, 0.25) is 5.82 Å². The number of thiazole rings is 1. The highest BCUT2D eigenvalue weighted by Crippen LogP contribution is 2.24. The Morgan fingerprint density at radius 1 is 1.08 bits per heavy atom. The molecule has 0 spiro atoms. The number of hydrogen-bond donors (Lipinski definition) is 0. The van der Waals surface area contributed by atoms with Crippen molar-refractivity contribution in [3.05, 3.63) is 70.2 Å². The lowest BCUT2D eigenvalue weighted by Crippen LogP contribution is -2.04. The van der Waals surface area contributed by atoms with E-state index in [9.17, 15) is 0 Å². The van der Waals surface area contributed by atoms with E-state index in [1.165, 1.54) is 5.56 Å². The molecule has 0 radical (unpaired) electrons. The van der Waals surface area contributed by atoms with Gasteiger partial charge in [-0.1, -0.05) is 53.6 Å². The zero-order valence-corrected chi connectivity index (χ0v) is 15.0. The molecule has 124 valence electrons. The van der Waals surface area contributed by atoms with E-state index >= 15 is 0 Å². The number of aromatic nitrogens is 5. The van der Waals surface area contributed by atoms with Crippen LogP contribution in [0.3, 0.4) is 0 Å². The van der Waals surface area contributed by atoms with Crippen molar-refractivity contribution in [3.8, 4) is 22.0 Å². The second-order valence-corrected chi connectivity index (χ2v) is 6.96. The SMILES string of the molecule is Cc1ccc(-c2nc(Cn3nnc(-c4cccc(Cl)c4)n3)cs2)cc1. The van der Waals surface area contributed by atoms with E-state index < -0.39 is 0 Å². The third-order valence-electron chi connectivity index (χ3n) is 3.69. The van der Waals surface area contributed by atoms with E-state index in [2.05, 4.69) is 51.6 Å². The van der Waals surface area contributed by atoms with Gasteiger partial charge in [-0.2, -0.15) is 4.80 Å². The molecule has 2 aromatic carbocycles. The topological polar surface area (TPSA) is 56.5 Å². The summed E-state index contributed by atoms with van der Waals surface area (Å²) in [7, 11) is 0. The number of nitrogens with zero attached hydrogens (tertiary/aromatic N) is 5. The summed E-state index contributed by atoms with van der Waals surface area (Å²) in [5.74, 6) is 0.552. The second-order valence-electron chi connectivity index (χ2n) is 5.66. The molecule has 2 aromatic heterocycles. The fourth-order valence-corrected chi connectivity index (χ4v) is 3.41. The Labute approximate surface area is 153 Å². The zero-order chi connectivity index (χ0) is 17.2. The third-order valence-corrected chi connectivity index (χ3v) is 4.86. The molecule has 0 aliphatic carbocycles. The van der Waals surface area contributed by atoms with Crippen LogP contribution in [0.1, 0.15) is 11.3 Å². The molecule has 0 atom stereocenters. The molecule has 0 N–H and O–H groups in total. The quantitative estimate of drug-likeness (QED) is 0.534. The van der Waals surface area contributed by atoms with Crippen LogP contribution < -0.4 is 0 Å². The van der Waals surface area contributed by atoms with Gasteiger partial charge in [-0.25, -0.2) is 4.98 Å². The van der Waals surface area contributed by atoms with Gasteiger partial charge in [0.25, 0.3) is 0 Å². The molecular weight excluding hydrogens is 354 g/mol. The minimum Gasteiger partial charge on any atom is -0.239 e. The van der Waals surface area contributed by atoms with Crippen molar-refractivity contribution in [3.63, 3.8) is 0 Å². The van der Waals surface area contributed by atoms with Gasteiger partial charge in [0.05, 0.1) is 5.69 Å². The molecule has 5 nitrogen and oxygen atoms in total. The van der Waals surface area contributed by atoms with Crippen LogP contribution in [0.2, 0.25) is 5.02 Å². The minimum absolute atomic E-state index is 0.482. The van der Waals surface area contributed by atoms with Crippen molar-refractivity contribution in [2.75, 3.05) is 0 Å². The summed E-state index contributed by atoms with van der Waals surface area (Å²) >= 11 is 7.63. The zero-order valence-electron chi connectivity index (χ0n) is 13.4. The third kappa shape index (κ3) is 3.60. The molecular formula is C18H14ClN5S. The molecule has 0 aliphatic heterocycles. The van der Waals surface area contributed by atoms with Gasteiger partial charge in [0, 0.05) is 21.5 Å². The summed E-state index contributed by atoms with van der Waals surface area (Å²) in [5, 5.41) is 16.3. The molecule has 0 bridgehead atoms. The molecule has 7 heteroatoms.